The number of phenolic OH excluding ortho intramolecular Hbond substituents is 1. The fourth-order valence-corrected chi connectivity index (χ4v) is 2.12. The van der Waals surface area contributed by atoms with Crippen molar-refractivity contribution in [1.29, 1.82) is 0 Å². The average molecular weight is 307 g/mol. The highest BCUT2D eigenvalue weighted by Gasteiger charge is 2.09. The molecule has 2 aromatic rings. The van der Waals surface area contributed by atoms with Crippen LogP contribution >= 0.6 is 11.6 Å². The van der Waals surface area contributed by atoms with Crippen LogP contribution in [0.1, 0.15) is 13.3 Å². The van der Waals surface area contributed by atoms with Crippen molar-refractivity contribution in [2.45, 2.75) is 19.4 Å². The van der Waals surface area contributed by atoms with Crippen LogP contribution in [0.15, 0.2) is 30.5 Å². The number of aromatic nitrogens is 2. The molecule has 1 aromatic heterocycles. The van der Waals surface area contributed by atoms with Gasteiger partial charge in [0, 0.05) is 23.8 Å². The zero-order chi connectivity index (χ0) is 15.2. The van der Waals surface area contributed by atoms with Crippen LogP contribution in [0.2, 0.25) is 5.02 Å². The second kappa shape index (κ2) is 7.24. The molecule has 1 atom stereocenters. The predicted octanol–water partition coefficient (Wildman–Crippen LogP) is 2.91. The molecule has 0 aliphatic heterocycles. The molecule has 0 fully saturated rings. The van der Waals surface area contributed by atoms with E-state index in [1.807, 2.05) is 7.05 Å². The van der Waals surface area contributed by atoms with Crippen molar-refractivity contribution in [2.24, 2.45) is 0 Å². The number of nitrogens with one attached hydrogen (secondary N) is 2. The first-order valence-electron chi connectivity index (χ1n) is 6.87. The van der Waals surface area contributed by atoms with Crippen molar-refractivity contribution in [1.82, 2.24) is 15.3 Å². The number of rotatable bonds is 6. The molecule has 1 aromatic carbocycles. The summed E-state index contributed by atoms with van der Waals surface area (Å²) >= 11 is 5.96. The molecule has 0 radical (unpaired) electrons. The van der Waals surface area contributed by atoms with Gasteiger partial charge in [-0.25, -0.2) is 9.97 Å². The Morgan fingerprint density at radius 1 is 1.33 bits per heavy atom. The van der Waals surface area contributed by atoms with Crippen molar-refractivity contribution in [2.75, 3.05) is 18.9 Å². The Morgan fingerprint density at radius 3 is 2.86 bits per heavy atom. The molecule has 0 saturated heterocycles. The number of benzene rings is 1. The molecule has 0 spiro atoms. The van der Waals surface area contributed by atoms with Crippen LogP contribution in [-0.2, 0) is 0 Å². The fourth-order valence-electron chi connectivity index (χ4n) is 1.95. The first-order chi connectivity index (χ1) is 10.1. The summed E-state index contributed by atoms with van der Waals surface area (Å²) in [7, 11) is 1.94. The summed E-state index contributed by atoms with van der Waals surface area (Å²) in [4.78, 5) is 8.61. The number of aromatic hydroxyl groups is 1. The number of nitrogens with zero attached hydrogens (tertiary/aromatic N) is 2. The Bertz CT molecular complexity index is 602. The van der Waals surface area contributed by atoms with E-state index in [-0.39, 0.29) is 5.75 Å². The molecular weight excluding hydrogens is 288 g/mol. The summed E-state index contributed by atoms with van der Waals surface area (Å²) in [5.74, 6) is 1.27. The van der Waals surface area contributed by atoms with E-state index in [0.717, 1.165) is 13.0 Å². The van der Waals surface area contributed by atoms with Crippen molar-refractivity contribution in [3.63, 3.8) is 0 Å². The molecule has 0 amide bonds. The average Bonchev–Trinajstić information content (AvgIpc) is 2.51. The highest BCUT2D eigenvalue weighted by molar-refractivity contribution is 6.30. The number of likely N-dealkylation sites (N-methyl/N-ethyl adjacent to an activating group) is 1. The quantitative estimate of drug-likeness (QED) is 0.765. The lowest BCUT2D eigenvalue weighted by atomic mass is 10.2. The lowest BCUT2D eigenvalue weighted by Gasteiger charge is -2.15. The summed E-state index contributed by atoms with van der Waals surface area (Å²) in [6.07, 6.45) is 2.68. The summed E-state index contributed by atoms with van der Waals surface area (Å²) in [5, 5.41) is 16.9. The summed E-state index contributed by atoms with van der Waals surface area (Å²) in [6, 6.07) is 6.99. The Morgan fingerprint density at radius 2 is 2.14 bits per heavy atom. The second-order valence-corrected chi connectivity index (χ2v) is 5.14. The van der Waals surface area contributed by atoms with E-state index in [9.17, 15) is 5.11 Å². The molecule has 2 rings (SSSR count). The Hall–Kier alpha value is -1.85. The van der Waals surface area contributed by atoms with Gasteiger partial charge in [-0.1, -0.05) is 18.5 Å². The van der Waals surface area contributed by atoms with Crippen LogP contribution in [0, 0.1) is 0 Å². The van der Waals surface area contributed by atoms with Gasteiger partial charge in [0.15, 0.2) is 5.82 Å². The van der Waals surface area contributed by atoms with Gasteiger partial charge in [-0.2, -0.15) is 0 Å². The second-order valence-electron chi connectivity index (χ2n) is 4.70. The van der Waals surface area contributed by atoms with Gasteiger partial charge in [-0.3, -0.25) is 0 Å². The van der Waals surface area contributed by atoms with Gasteiger partial charge >= 0.3 is 0 Å². The van der Waals surface area contributed by atoms with E-state index in [1.165, 1.54) is 6.07 Å². The van der Waals surface area contributed by atoms with Crippen LogP contribution in [0.5, 0.6) is 5.75 Å². The molecule has 21 heavy (non-hydrogen) atoms. The fraction of sp³-hybridized carbons (Fsp3) is 0.333. The van der Waals surface area contributed by atoms with E-state index in [2.05, 4.69) is 27.5 Å². The molecule has 0 saturated carbocycles. The minimum Gasteiger partial charge on any atom is -0.507 e. The van der Waals surface area contributed by atoms with Crippen LogP contribution in [0.3, 0.4) is 0 Å². The van der Waals surface area contributed by atoms with Gasteiger partial charge in [0.2, 0.25) is 0 Å². The number of phenols is 1. The minimum atomic E-state index is 0.109. The Labute approximate surface area is 129 Å². The minimum absolute atomic E-state index is 0.109. The lowest BCUT2D eigenvalue weighted by Crippen LogP contribution is -2.32. The van der Waals surface area contributed by atoms with Gasteiger partial charge < -0.3 is 15.7 Å². The molecular formula is C15H19ClN4O. The van der Waals surface area contributed by atoms with Gasteiger partial charge in [0.25, 0.3) is 0 Å². The smallest absolute Gasteiger partial charge is 0.165 e. The zero-order valence-corrected chi connectivity index (χ0v) is 12.9. The van der Waals surface area contributed by atoms with Crippen LogP contribution in [-0.4, -0.2) is 34.7 Å². The largest absolute Gasteiger partial charge is 0.507 e. The Balaban J connectivity index is 2.19. The first kappa shape index (κ1) is 15.5. The Kier molecular flexibility index (Phi) is 5.36. The van der Waals surface area contributed by atoms with E-state index < -0.39 is 0 Å². The van der Waals surface area contributed by atoms with Gasteiger partial charge in [0.05, 0.1) is 5.56 Å². The number of anilines is 1. The molecule has 6 heteroatoms. The van der Waals surface area contributed by atoms with E-state index in [4.69, 9.17) is 11.6 Å². The van der Waals surface area contributed by atoms with Crippen LogP contribution in [0.25, 0.3) is 11.4 Å². The van der Waals surface area contributed by atoms with Crippen molar-refractivity contribution in [3.05, 3.63) is 35.5 Å². The van der Waals surface area contributed by atoms with E-state index in [1.54, 1.807) is 24.4 Å². The summed E-state index contributed by atoms with van der Waals surface area (Å²) < 4.78 is 0. The standard InChI is InChI=1S/C15H19ClN4O/c1-3-11(17-2)9-19-14-6-7-18-15(20-14)12-8-10(16)4-5-13(12)21/h4-8,11,17,21H,3,9H2,1-2H3,(H,18,19,20)/t11-/m0/s1. The van der Waals surface area contributed by atoms with Crippen molar-refractivity contribution < 1.29 is 5.11 Å². The predicted molar refractivity (Wildman–Crippen MR) is 85.8 cm³/mol. The van der Waals surface area contributed by atoms with Crippen molar-refractivity contribution in [3.8, 4) is 17.1 Å². The number of hydrogen-bond donors (Lipinski definition) is 3. The molecule has 1 heterocycles. The highest BCUT2D eigenvalue weighted by atomic mass is 35.5. The molecule has 0 aliphatic rings. The van der Waals surface area contributed by atoms with Gasteiger partial charge in [-0.05, 0) is 37.7 Å². The topological polar surface area (TPSA) is 70.1 Å². The molecule has 0 aliphatic carbocycles. The van der Waals surface area contributed by atoms with Crippen molar-refractivity contribution >= 4 is 17.4 Å². The number of hydrogen-bond acceptors (Lipinski definition) is 5. The molecule has 5 nitrogen and oxygen atoms in total. The normalized spacial score (nSPS) is 12.1. The number of halogens is 1. The zero-order valence-electron chi connectivity index (χ0n) is 12.1. The van der Waals surface area contributed by atoms with E-state index in [0.29, 0.717) is 28.3 Å². The molecule has 0 bridgehead atoms. The third-order valence-electron chi connectivity index (χ3n) is 3.29. The maximum absolute atomic E-state index is 9.90. The first-order valence-corrected chi connectivity index (χ1v) is 7.25. The molecule has 112 valence electrons. The third kappa shape index (κ3) is 4.06. The highest BCUT2D eigenvalue weighted by Crippen LogP contribution is 2.29. The maximum Gasteiger partial charge on any atom is 0.165 e. The monoisotopic (exact) mass is 306 g/mol. The van der Waals surface area contributed by atoms with Gasteiger partial charge in [-0.15, -0.1) is 0 Å². The van der Waals surface area contributed by atoms with E-state index >= 15 is 0 Å². The lowest BCUT2D eigenvalue weighted by molar-refractivity contribution is 0.477. The SMILES string of the molecule is CC[C@@H](CNc1ccnc(-c2cc(Cl)ccc2O)n1)NC. The summed E-state index contributed by atoms with van der Waals surface area (Å²) in [6.45, 7) is 2.89. The summed E-state index contributed by atoms with van der Waals surface area (Å²) in [5.41, 5.74) is 0.520. The molecule has 3 N–H and O–H groups in total. The van der Waals surface area contributed by atoms with Crippen LogP contribution in [0.4, 0.5) is 5.82 Å². The van der Waals surface area contributed by atoms with Crippen LogP contribution < -0.4 is 10.6 Å². The maximum atomic E-state index is 9.90. The third-order valence-corrected chi connectivity index (χ3v) is 3.52. The van der Waals surface area contributed by atoms with Gasteiger partial charge in [0.1, 0.15) is 11.6 Å². The molecule has 0 unspecified atom stereocenters.